The normalized spacial score (nSPS) is 16.9. The van der Waals surface area contributed by atoms with Crippen molar-refractivity contribution in [2.45, 2.75) is 12.5 Å². The van der Waals surface area contributed by atoms with Gasteiger partial charge >= 0.3 is 0 Å². The highest BCUT2D eigenvalue weighted by Crippen LogP contribution is 2.39. The van der Waals surface area contributed by atoms with Crippen molar-refractivity contribution in [2.75, 3.05) is 38.6 Å². The number of nitrogens with zero attached hydrogens (tertiary/aromatic N) is 2. The Hall–Kier alpha value is -3.88. The van der Waals surface area contributed by atoms with Crippen molar-refractivity contribution < 1.29 is 19.1 Å². The summed E-state index contributed by atoms with van der Waals surface area (Å²) in [6, 6.07) is 14.9. The van der Waals surface area contributed by atoms with Crippen molar-refractivity contribution in [3.05, 3.63) is 82.5 Å². The minimum Gasteiger partial charge on any atom is -0.486 e. The van der Waals surface area contributed by atoms with Crippen LogP contribution in [0.5, 0.6) is 5.75 Å². The number of nitrogens with two attached hydrogens (primary N) is 1. The second-order valence-corrected chi connectivity index (χ2v) is 9.38. The summed E-state index contributed by atoms with van der Waals surface area (Å²) in [5.74, 6) is 0.826. The lowest BCUT2D eigenvalue weighted by Gasteiger charge is -2.27. The number of benzene rings is 2. The third-order valence-electron chi connectivity index (χ3n) is 6.33. The monoisotopic (exact) mass is 518 g/mol. The average molecular weight is 519 g/mol. The lowest BCUT2D eigenvalue weighted by molar-refractivity contribution is -0.116. The SMILES string of the molecule is Nc1ccc(C=CC(=O)NCC2Cc3cc(-c4cccc(C(=O)N5CCOCC5)c4)cc(Cl)c3O2)cn1. The van der Waals surface area contributed by atoms with Gasteiger partial charge in [-0.3, -0.25) is 9.59 Å². The maximum atomic E-state index is 12.9. The predicted octanol–water partition coefficient (Wildman–Crippen LogP) is 3.59. The molecular weight excluding hydrogens is 492 g/mol. The number of aromatic nitrogens is 1. The molecule has 1 aromatic heterocycles. The highest BCUT2D eigenvalue weighted by atomic mass is 35.5. The van der Waals surface area contributed by atoms with Crippen molar-refractivity contribution in [3.8, 4) is 16.9 Å². The number of pyridine rings is 1. The molecule has 9 heteroatoms. The average Bonchev–Trinajstić information content (AvgIpc) is 3.35. The maximum absolute atomic E-state index is 12.9. The van der Waals surface area contributed by atoms with E-state index in [1.54, 1.807) is 24.4 Å². The number of amides is 2. The van der Waals surface area contributed by atoms with Gasteiger partial charge < -0.3 is 25.4 Å². The molecular formula is C28H27ClN4O4. The molecule has 5 rings (SSSR count). The number of nitrogen functional groups attached to an aromatic ring is 1. The molecule has 2 aliphatic rings. The van der Waals surface area contributed by atoms with Gasteiger partial charge in [0.25, 0.3) is 5.91 Å². The zero-order valence-electron chi connectivity index (χ0n) is 20.2. The second-order valence-electron chi connectivity index (χ2n) is 8.97. The number of carbonyl (C=O) groups is 2. The predicted molar refractivity (Wildman–Crippen MR) is 142 cm³/mol. The molecule has 1 unspecified atom stereocenters. The molecule has 1 atom stereocenters. The first-order chi connectivity index (χ1) is 18.0. The number of carbonyl (C=O) groups excluding carboxylic acids is 2. The van der Waals surface area contributed by atoms with Crippen molar-refractivity contribution in [2.24, 2.45) is 0 Å². The first-order valence-corrected chi connectivity index (χ1v) is 12.5. The minimum atomic E-state index is -0.232. The van der Waals surface area contributed by atoms with E-state index in [9.17, 15) is 9.59 Å². The topological polar surface area (TPSA) is 107 Å². The summed E-state index contributed by atoms with van der Waals surface area (Å²) in [6.45, 7) is 2.65. The highest BCUT2D eigenvalue weighted by molar-refractivity contribution is 6.32. The van der Waals surface area contributed by atoms with Crippen LogP contribution in [0.1, 0.15) is 21.5 Å². The standard InChI is InChI=1S/C28H27ClN4O4/c29-24-15-21(19-2-1-3-20(12-19)28(35)33-8-10-36-11-9-33)13-22-14-23(37-27(22)24)17-32-26(34)7-5-18-4-6-25(30)31-16-18/h1-7,12-13,15-16,23H,8-11,14,17H2,(H2,30,31)(H,32,34). The van der Waals surface area contributed by atoms with Crippen LogP contribution in [0.4, 0.5) is 5.82 Å². The number of nitrogens with one attached hydrogen (secondary N) is 1. The van der Waals surface area contributed by atoms with Gasteiger partial charge in [-0.1, -0.05) is 23.7 Å². The Morgan fingerprint density at radius 2 is 1.97 bits per heavy atom. The highest BCUT2D eigenvalue weighted by Gasteiger charge is 2.26. The molecule has 0 saturated carbocycles. The van der Waals surface area contributed by atoms with Crippen molar-refractivity contribution >= 4 is 35.3 Å². The number of hydrogen-bond acceptors (Lipinski definition) is 6. The molecule has 2 amide bonds. The molecule has 0 aliphatic carbocycles. The van der Waals surface area contributed by atoms with E-state index in [-0.39, 0.29) is 17.9 Å². The number of halogens is 1. The fourth-order valence-corrected chi connectivity index (χ4v) is 4.69. The number of ether oxygens (including phenoxy) is 2. The van der Waals surface area contributed by atoms with Crippen LogP contribution >= 0.6 is 11.6 Å². The smallest absolute Gasteiger partial charge is 0.254 e. The van der Waals surface area contributed by atoms with Crippen molar-refractivity contribution in [3.63, 3.8) is 0 Å². The van der Waals surface area contributed by atoms with Gasteiger partial charge in [-0.15, -0.1) is 0 Å². The second kappa shape index (κ2) is 11.0. The van der Waals surface area contributed by atoms with E-state index in [0.29, 0.717) is 61.4 Å². The van der Waals surface area contributed by atoms with E-state index in [1.165, 1.54) is 6.08 Å². The van der Waals surface area contributed by atoms with E-state index < -0.39 is 0 Å². The summed E-state index contributed by atoms with van der Waals surface area (Å²) in [5.41, 5.74) is 9.78. The minimum absolute atomic E-state index is 0.00162. The van der Waals surface area contributed by atoms with E-state index in [0.717, 1.165) is 22.3 Å². The molecule has 3 heterocycles. The van der Waals surface area contributed by atoms with E-state index in [4.69, 9.17) is 26.8 Å². The third kappa shape index (κ3) is 5.93. The van der Waals surface area contributed by atoms with Gasteiger partial charge in [0, 0.05) is 42.9 Å². The Morgan fingerprint density at radius 1 is 1.14 bits per heavy atom. The summed E-state index contributed by atoms with van der Waals surface area (Å²) in [4.78, 5) is 31.0. The van der Waals surface area contributed by atoms with Crippen LogP contribution < -0.4 is 15.8 Å². The van der Waals surface area contributed by atoms with Crippen molar-refractivity contribution in [1.82, 2.24) is 15.2 Å². The number of hydrogen-bond donors (Lipinski definition) is 2. The Kier molecular flexibility index (Phi) is 7.39. The summed E-state index contributed by atoms with van der Waals surface area (Å²) in [7, 11) is 0. The number of anilines is 1. The zero-order chi connectivity index (χ0) is 25.8. The summed E-state index contributed by atoms with van der Waals surface area (Å²) in [6.07, 6.45) is 5.11. The van der Waals surface area contributed by atoms with Crippen LogP contribution in [0.3, 0.4) is 0 Å². The van der Waals surface area contributed by atoms with Crippen LogP contribution in [0.15, 0.2) is 60.8 Å². The van der Waals surface area contributed by atoms with Gasteiger partial charge in [-0.2, -0.15) is 0 Å². The third-order valence-corrected chi connectivity index (χ3v) is 6.61. The summed E-state index contributed by atoms with van der Waals surface area (Å²) in [5, 5.41) is 3.37. The van der Waals surface area contributed by atoms with Gasteiger partial charge in [0.1, 0.15) is 17.7 Å². The molecule has 190 valence electrons. The first-order valence-electron chi connectivity index (χ1n) is 12.1. The Morgan fingerprint density at radius 3 is 2.76 bits per heavy atom. The quantitative estimate of drug-likeness (QED) is 0.483. The van der Waals surface area contributed by atoms with Gasteiger partial charge in [-0.05, 0) is 59.2 Å². The molecule has 2 aromatic carbocycles. The van der Waals surface area contributed by atoms with Crippen LogP contribution in [-0.4, -0.2) is 60.7 Å². The zero-order valence-corrected chi connectivity index (χ0v) is 20.9. The van der Waals surface area contributed by atoms with Gasteiger partial charge in [0.15, 0.2) is 0 Å². The summed E-state index contributed by atoms with van der Waals surface area (Å²) < 4.78 is 11.4. The van der Waals surface area contributed by atoms with E-state index in [2.05, 4.69) is 10.3 Å². The maximum Gasteiger partial charge on any atom is 0.254 e. The van der Waals surface area contributed by atoms with Gasteiger partial charge in [-0.25, -0.2) is 4.98 Å². The van der Waals surface area contributed by atoms with E-state index >= 15 is 0 Å². The van der Waals surface area contributed by atoms with Gasteiger partial charge in [0.2, 0.25) is 5.91 Å². The van der Waals surface area contributed by atoms with Crippen LogP contribution in [0.25, 0.3) is 17.2 Å². The molecule has 0 spiro atoms. The lowest BCUT2D eigenvalue weighted by atomic mass is 9.99. The molecule has 37 heavy (non-hydrogen) atoms. The molecule has 1 saturated heterocycles. The molecule has 8 nitrogen and oxygen atoms in total. The lowest BCUT2D eigenvalue weighted by Crippen LogP contribution is -2.40. The first kappa shape index (κ1) is 24.8. The molecule has 0 radical (unpaired) electrons. The summed E-state index contributed by atoms with van der Waals surface area (Å²) >= 11 is 6.58. The molecule has 2 aliphatic heterocycles. The fraction of sp³-hybridized carbons (Fsp3) is 0.250. The van der Waals surface area contributed by atoms with Gasteiger partial charge in [0.05, 0.1) is 24.8 Å². The van der Waals surface area contributed by atoms with Crippen LogP contribution in [0, 0.1) is 0 Å². The molecule has 1 fully saturated rings. The molecule has 0 bridgehead atoms. The van der Waals surface area contributed by atoms with Crippen LogP contribution in [0.2, 0.25) is 5.02 Å². The van der Waals surface area contributed by atoms with Crippen molar-refractivity contribution in [1.29, 1.82) is 0 Å². The Balaban J connectivity index is 1.23. The van der Waals surface area contributed by atoms with Crippen LogP contribution in [-0.2, 0) is 16.0 Å². The van der Waals surface area contributed by atoms with E-state index in [1.807, 2.05) is 41.3 Å². The molecule has 3 aromatic rings. The number of rotatable bonds is 6. The molecule has 3 N–H and O–H groups in total. The number of fused-ring (bicyclic) bond motifs is 1. The number of morpholine rings is 1. The fourth-order valence-electron chi connectivity index (χ4n) is 4.41. The Bertz CT molecular complexity index is 1340. The Labute approximate surface area is 220 Å². The largest absolute Gasteiger partial charge is 0.486 e.